The van der Waals surface area contributed by atoms with Crippen LogP contribution in [-0.2, 0) is 11.4 Å². The molecule has 2 heterocycles. The largest absolute Gasteiger partial charge is 0.490 e. The lowest BCUT2D eigenvalue weighted by molar-refractivity contribution is -0.113. The van der Waals surface area contributed by atoms with Crippen LogP contribution in [0, 0.1) is 13.8 Å². The van der Waals surface area contributed by atoms with E-state index in [9.17, 15) is 4.79 Å². The Bertz CT molecular complexity index is 1620. The SMILES string of the molecule is CCOc1cc(C2C(C(=O)Nc3ccc(C)cc3C)=C(C)Nc3nnnn32)ccc1OCc1ccc(Cl)c(Cl)c1. The van der Waals surface area contributed by atoms with Gasteiger partial charge in [0, 0.05) is 11.4 Å². The highest BCUT2D eigenvalue weighted by molar-refractivity contribution is 6.42. The van der Waals surface area contributed by atoms with Gasteiger partial charge in [0.25, 0.3) is 5.91 Å². The molecule has 0 saturated heterocycles. The zero-order chi connectivity index (χ0) is 28.4. The van der Waals surface area contributed by atoms with Crippen LogP contribution in [0.3, 0.4) is 0 Å². The van der Waals surface area contributed by atoms with Gasteiger partial charge in [-0.15, -0.1) is 0 Å². The molecule has 0 fully saturated rings. The number of fused-ring (bicyclic) bond motifs is 1. The van der Waals surface area contributed by atoms with Gasteiger partial charge < -0.3 is 20.1 Å². The molecule has 1 aliphatic rings. The molecule has 206 valence electrons. The zero-order valence-corrected chi connectivity index (χ0v) is 24.0. The van der Waals surface area contributed by atoms with E-state index in [0.717, 1.165) is 27.9 Å². The lowest BCUT2D eigenvalue weighted by Gasteiger charge is -2.28. The Hall–Kier alpha value is -4.08. The van der Waals surface area contributed by atoms with Crippen molar-refractivity contribution in [3.05, 3.63) is 98.2 Å². The molecular formula is C29H28Cl2N6O3. The van der Waals surface area contributed by atoms with Gasteiger partial charge in [0.05, 0.1) is 22.2 Å². The van der Waals surface area contributed by atoms with Crippen LogP contribution in [0.25, 0.3) is 0 Å². The Morgan fingerprint density at radius 2 is 1.82 bits per heavy atom. The van der Waals surface area contributed by atoms with Crippen LogP contribution in [-0.4, -0.2) is 32.7 Å². The number of allylic oxidation sites excluding steroid dienone is 1. The number of halogens is 2. The highest BCUT2D eigenvalue weighted by atomic mass is 35.5. The molecule has 9 nitrogen and oxygen atoms in total. The molecule has 1 atom stereocenters. The predicted octanol–water partition coefficient (Wildman–Crippen LogP) is 6.50. The number of anilines is 2. The van der Waals surface area contributed by atoms with E-state index in [1.165, 1.54) is 0 Å². The van der Waals surface area contributed by atoms with Crippen LogP contribution in [0.15, 0.2) is 65.9 Å². The van der Waals surface area contributed by atoms with E-state index < -0.39 is 6.04 Å². The van der Waals surface area contributed by atoms with Crippen molar-refractivity contribution in [3.63, 3.8) is 0 Å². The number of hydrogen-bond acceptors (Lipinski definition) is 7. The number of aromatic nitrogens is 4. The first-order valence-electron chi connectivity index (χ1n) is 12.7. The minimum atomic E-state index is -0.611. The van der Waals surface area contributed by atoms with Crippen LogP contribution < -0.4 is 20.1 Å². The van der Waals surface area contributed by atoms with Crippen molar-refractivity contribution >= 4 is 40.7 Å². The van der Waals surface area contributed by atoms with Crippen LogP contribution in [0.4, 0.5) is 11.6 Å². The third-order valence-corrected chi connectivity index (χ3v) is 7.29. The maximum absolute atomic E-state index is 13.8. The summed E-state index contributed by atoms with van der Waals surface area (Å²) < 4.78 is 13.6. The molecule has 2 N–H and O–H groups in total. The first-order chi connectivity index (χ1) is 19.2. The van der Waals surface area contributed by atoms with Crippen LogP contribution in [0.5, 0.6) is 11.5 Å². The predicted molar refractivity (Wildman–Crippen MR) is 155 cm³/mol. The summed E-state index contributed by atoms with van der Waals surface area (Å²) in [6, 6.07) is 16.2. The van der Waals surface area contributed by atoms with Gasteiger partial charge in [0.15, 0.2) is 11.5 Å². The van der Waals surface area contributed by atoms with Gasteiger partial charge in [0.2, 0.25) is 5.95 Å². The van der Waals surface area contributed by atoms with Crippen molar-refractivity contribution in [1.82, 2.24) is 20.2 Å². The number of nitrogens with one attached hydrogen (secondary N) is 2. The first-order valence-corrected chi connectivity index (χ1v) is 13.5. The molecule has 4 aromatic rings. The van der Waals surface area contributed by atoms with Gasteiger partial charge >= 0.3 is 0 Å². The number of benzene rings is 3. The number of nitrogens with zero attached hydrogens (tertiary/aromatic N) is 4. The topological polar surface area (TPSA) is 103 Å². The molecule has 0 spiro atoms. The Balaban J connectivity index is 1.48. The molecule has 1 aromatic heterocycles. The minimum absolute atomic E-state index is 0.263. The van der Waals surface area contributed by atoms with Crippen molar-refractivity contribution in [2.24, 2.45) is 0 Å². The Morgan fingerprint density at radius 1 is 1.00 bits per heavy atom. The van der Waals surface area contributed by atoms with E-state index in [-0.39, 0.29) is 12.5 Å². The lowest BCUT2D eigenvalue weighted by Crippen LogP contribution is -2.31. The van der Waals surface area contributed by atoms with Crippen LogP contribution >= 0.6 is 23.2 Å². The standard InChI is InChI=1S/C29H28Cl2N6O3/c1-5-39-25-14-20(8-11-24(25)40-15-19-7-9-21(30)22(31)13-19)27-26(18(4)32-29-34-35-36-37(27)29)28(38)33-23-10-6-16(2)12-17(23)3/h6-14,27H,5,15H2,1-4H3,(H,33,38)(H,32,34,36). The van der Waals surface area contributed by atoms with Gasteiger partial charge in [-0.2, -0.15) is 4.68 Å². The fraction of sp³-hybridized carbons (Fsp3) is 0.241. The molecule has 40 heavy (non-hydrogen) atoms. The average molecular weight is 579 g/mol. The summed E-state index contributed by atoms with van der Waals surface area (Å²) in [5.41, 5.74) is 5.56. The number of aryl methyl sites for hydroxylation is 2. The summed E-state index contributed by atoms with van der Waals surface area (Å²) in [6.07, 6.45) is 0. The van der Waals surface area contributed by atoms with Crippen molar-refractivity contribution in [2.75, 3.05) is 17.2 Å². The molecule has 11 heteroatoms. The Morgan fingerprint density at radius 3 is 2.58 bits per heavy atom. The quantitative estimate of drug-likeness (QED) is 0.246. The monoisotopic (exact) mass is 578 g/mol. The highest BCUT2D eigenvalue weighted by Gasteiger charge is 2.34. The van der Waals surface area contributed by atoms with E-state index in [2.05, 4.69) is 26.2 Å². The number of hydrogen-bond donors (Lipinski definition) is 2. The minimum Gasteiger partial charge on any atom is -0.490 e. The summed E-state index contributed by atoms with van der Waals surface area (Å²) >= 11 is 12.2. The fourth-order valence-corrected chi connectivity index (χ4v) is 4.95. The van der Waals surface area contributed by atoms with E-state index in [1.54, 1.807) is 16.8 Å². The molecule has 0 saturated carbocycles. The molecule has 1 unspecified atom stereocenters. The molecule has 0 bridgehead atoms. The zero-order valence-electron chi connectivity index (χ0n) is 22.5. The number of amides is 1. The summed E-state index contributed by atoms with van der Waals surface area (Å²) in [6.45, 7) is 8.39. The summed E-state index contributed by atoms with van der Waals surface area (Å²) in [7, 11) is 0. The van der Waals surface area contributed by atoms with Crippen molar-refractivity contribution < 1.29 is 14.3 Å². The van der Waals surface area contributed by atoms with Crippen LogP contribution in [0.1, 0.15) is 42.1 Å². The summed E-state index contributed by atoms with van der Waals surface area (Å²) in [5.74, 6) is 1.24. The van der Waals surface area contributed by atoms with E-state index in [0.29, 0.717) is 45.4 Å². The fourth-order valence-electron chi connectivity index (χ4n) is 4.63. The van der Waals surface area contributed by atoms with Crippen molar-refractivity contribution in [1.29, 1.82) is 0 Å². The molecule has 1 amide bonds. The summed E-state index contributed by atoms with van der Waals surface area (Å²) in [5, 5.41) is 19.3. The van der Waals surface area contributed by atoms with E-state index in [4.69, 9.17) is 32.7 Å². The first kappa shape index (κ1) is 27.5. The second kappa shape index (κ2) is 11.6. The highest BCUT2D eigenvalue weighted by Crippen LogP contribution is 2.39. The Labute approximate surface area is 242 Å². The van der Waals surface area contributed by atoms with Crippen molar-refractivity contribution in [3.8, 4) is 11.5 Å². The molecule has 5 rings (SSSR count). The second-order valence-corrected chi connectivity index (χ2v) is 10.3. The molecular weight excluding hydrogens is 551 g/mol. The lowest BCUT2D eigenvalue weighted by atomic mass is 9.94. The third-order valence-electron chi connectivity index (χ3n) is 6.55. The number of ether oxygens (including phenoxy) is 2. The smallest absolute Gasteiger partial charge is 0.255 e. The number of tetrazole rings is 1. The van der Waals surface area contributed by atoms with Crippen molar-refractivity contribution in [2.45, 2.75) is 40.3 Å². The Kier molecular flexibility index (Phi) is 7.95. The maximum atomic E-state index is 13.8. The molecule has 0 aliphatic carbocycles. The maximum Gasteiger partial charge on any atom is 0.255 e. The van der Waals surface area contributed by atoms with Gasteiger partial charge in [-0.05, 0) is 85.1 Å². The van der Waals surface area contributed by atoms with Gasteiger partial charge in [-0.25, -0.2) is 0 Å². The van der Waals surface area contributed by atoms with Crippen LogP contribution in [0.2, 0.25) is 10.0 Å². The molecule has 0 radical (unpaired) electrons. The third kappa shape index (κ3) is 5.61. The second-order valence-electron chi connectivity index (χ2n) is 9.46. The number of carbonyl (C=O) groups excluding carboxylic acids is 1. The van der Waals surface area contributed by atoms with Gasteiger partial charge in [-0.3, -0.25) is 4.79 Å². The van der Waals surface area contributed by atoms with Gasteiger partial charge in [-0.1, -0.05) is 58.1 Å². The average Bonchev–Trinajstić information content (AvgIpc) is 3.39. The normalized spacial score (nSPS) is 14.4. The number of rotatable bonds is 8. The number of carbonyl (C=O) groups is 1. The van der Waals surface area contributed by atoms with E-state index in [1.807, 2.05) is 70.2 Å². The van der Waals surface area contributed by atoms with E-state index >= 15 is 0 Å². The molecule has 1 aliphatic heterocycles. The molecule has 3 aromatic carbocycles. The summed E-state index contributed by atoms with van der Waals surface area (Å²) in [4.78, 5) is 13.8. The van der Waals surface area contributed by atoms with Gasteiger partial charge in [0.1, 0.15) is 12.6 Å².